The van der Waals surface area contributed by atoms with Gasteiger partial charge in [-0.1, -0.05) is 36.0 Å². The van der Waals surface area contributed by atoms with Crippen LogP contribution in [0, 0.1) is 0 Å². The fourth-order valence-electron chi connectivity index (χ4n) is 2.48. The van der Waals surface area contributed by atoms with Gasteiger partial charge in [0.2, 0.25) is 5.91 Å². The quantitative estimate of drug-likeness (QED) is 0.433. The fourth-order valence-corrected chi connectivity index (χ4v) is 3.23. The molecule has 1 amide bonds. The maximum absolute atomic E-state index is 13.1. The first-order chi connectivity index (χ1) is 12.1. The SMILES string of the molecule is C=CCSc1nc2ccc(NC(C)=O)cc2c(=O)n1-c1ccccc1. The van der Waals surface area contributed by atoms with Crippen molar-refractivity contribution in [3.8, 4) is 5.69 Å². The van der Waals surface area contributed by atoms with Crippen molar-refractivity contribution in [2.24, 2.45) is 0 Å². The van der Waals surface area contributed by atoms with Crippen LogP contribution in [0.25, 0.3) is 16.6 Å². The summed E-state index contributed by atoms with van der Waals surface area (Å²) in [5, 5.41) is 3.76. The number of nitrogens with one attached hydrogen (secondary N) is 1. The molecule has 0 spiro atoms. The molecular weight excluding hydrogens is 334 g/mol. The third kappa shape index (κ3) is 3.64. The number of amides is 1. The van der Waals surface area contributed by atoms with Crippen molar-refractivity contribution in [1.82, 2.24) is 9.55 Å². The highest BCUT2D eigenvalue weighted by atomic mass is 32.2. The second-order valence-electron chi connectivity index (χ2n) is 5.38. The van der Waals surface area contributed by atoms with Crippen molar-refractivity contribution in [3.05, 3.63) is 71.5 Å². The van der Waals surface area contributed by atoms with Crippen molar-refractivity contribution < 1.29 is 4.79 Å². The van der Waals surface area contributed by atoms with E-state index in [0.29, 0.717) is 27.5 Å². The number of fused-ring (bicyclic) bond motifs is 1. The summed E-state index contributed by atoms with van der Waals surface area (Å²) < 4.78 is 1.59. The Bertz CT molecular complexity index is 997. The van der Waals surface area contributed by atoms with Gasteiger partial charge in [0.25, 0.3) is 5.56 Å². The van der Waals surface area contributed by atoms with Crippen molar-refractivity contribution in [2.45, 2.75) is 12.1 Å². The maximum atomic E-state index is 13.1. The largest absolute Gasteiger partial charge is 0.326 e. The Morgan fingerprint density at radius 2 is 2.04 bits per heavy atom. The van der Waals surface area contributed by atoms with E-state index in [1.807, 2.05) is 30.3 Å². The Hall–Kier alpha value is -2.86. The van der Waals surface area contributed by atoms with Gasteiger partial charge in [-0.15, -0.1) is 6.58 Å². The highest BCUT2D eigenvalue weighted by molar-refractivity contribution is 7.99. The molecule has 1 heterocycles. The van der Waals surface area contributed by atoms with Crippen LogP contribution in [0.2, 0.25) is 0 Å². The van der Waals surface area contributed by atoms with Crippen LogP contribution < -0.4 is 10.9 Å². The molecule has 0 saturated carbocycles. The van der Waals surface area contributed by atoms with Crippen LogP contribution in [0.3, 0.4) is 0 Å². The van der Waals surface area contributed by atoms with Gasteiger partial charge in [-0.05, 0) is 30.3 Å². The molecule has 1 N–H and O–H groups in total. The second kappa shape index (κ2) is 7.36. The number of rotatable bonds is 5. The van der Waals surface area contributed by atoms with E-state index in [0.717, 1.165) is 5.69 Å². The number of hydrogen-bond donors (Lipinski definition) is 1. The number of thioether (sulfide) groups is 1. The molecule has 126 valence electrons. The summed E-state index contributed by atoms with van der Waals surface area (Å²) in [5.41, 5.74) is 1.75. The van der Waals surface area contributed by atoms with Crippen LogP contribution in [0.4, 0.5) is 5.69 Å². The zero-order chi connectivity index (χ0) is 17.8. The van der Waals surface area contributed by atoms with Crippen LogP contribution >= 0.6 is 11.8 Å². The van der Waals surface area contributed by atoms with Gasteiger partial charge in [-0.25, -0.2) is 4.98 Å². The van der Waals surface area contributed by atoms with Crippen LogP contribution in [-0.4, -0.2) is 21.2 Å². The van der Waals surface area contributed by atoms with Crippen LogP contribution in [-0.2, 0) is 4.79 Å². The molecule has 0 saturated heterocycles. The number of para-hydroxylation sites is 1. The van der Waals surface area contributed by atoms with E-state index in [2.05, 4.69) is 16.9 Å². The van der Waals surface area contributed by atoms with Gasteiger partial charge in [-0.3, -0.25) is 14.2 Å². The number of aromatic nitrogens is 2. The molecule has 0 radical (unpaired) electrons. The fraction of sp³-hybridized carbons (Fsp3) is 0.105. The predicted molar refractivity (Wildman–Crippen MR) is 103 cm³/mol. The third-order valence-electron chi connectivity index (χ3n) is 3.50. The Morgan fingerprint density at radius 1 is 1.28 bits per heavy atom. The molecule has 0 atom stereocenters. The molecule has 1 aromatic heterocycles. The summed E-state index contributed by atoms with van der Waals surface area (Å²) >= 11 is 1.45. The van der Waals surface area contributed by atoms with Gasteiger partial charge >= 0.3 is 0 Å². The molecule has 0 aliphatic rings. The van der Waals surface area contributed by atoms with Crippen molar-refractivity contribution in [2.75, 3.05) is 11.1 Å². The van der Waals surface area contributed by atoms with Gasteiger partial charge in [0, 0.05) is 18.4 Å². The average Bonchev–Trinajstić information content (AvgIpc) is 2.61. The second-order valence-corrected chi connectivity index (χ2v) is 6.37. The van der Waals surface area contributed by atoms with Crippen molar-refractivity contribution in [3.63, 3.8) is 0 Å². The molecule has 0 bridgehead atoms. The molecule has 2 aromatic carbocycles. The van der Waals surface area contributed by atoms with Crippen LogP contribution in [0.1, 0.15) is 6.92 Å². The van der Waals surface area contributed by atoms with Gasteiger partial charge in [0.15, 0.2) is 5.16 Å². The number of hydrogen-bond acceptors (Lipinski definition) is 4. The standard InChI is InChI=1S/C19H17N3O2S/c1-3-11-25-19-21-17-10-9-14(20-13(2)23)12-16(17)18(24)22(19)15-7-5-4-6-8-15/h3-10,12H,1,11H2,2H3,(H,20,23). The van der Waals surface area contributed by atoms with E-state index in [1.165, 1.54) is 18.7 Å². The van der Waals surface area contributed by atoms with E-state index in [1.54, 1.807) is 28.8 Å². The topological polar surface area (TPSA) is 64.0 Å². The van der Waals surface area contributed by atoms with E-state index < -0.39 is 0 Å². The molecule has 6 heteroatoms. The zero-order valence-electron chi connectivity index (χ0n) is 13.7. The number of carbonyl (C=O) groups excluding carboxylic acids is 1. The molecule has 5 nitrogen and oxygen atoms in total. The number of nitrogens with zero attached hydrogens (tertiary/aromatic N) is 2. The summed E-state index contributed by atoms with van der Waals surface area (Å²) in [5.74, 6) is 0.461. The predicted octanol–water partition coefficient (Wildman–Crippen LogP) is 3.62. The summed E-state index contributed by atoms with van der Waals surface area (Å²) in [4.78, 5) is 29.0. The summed E-state index contributed by atoms with van der Waals surface area (Å²) in [7, 11) is 0. The number of benzene rings is 2. The number of carbonyl (C=O) groups is 1. The monoisotopic (exact) mass is 351 g/mol. The zero-order valence-corrected chi connectivity index (χ0v) is 14.5. The minimum absolute atomic E-state index is 0.171. The lowest BCUT2D eigenvalue weighted by molar-refractivity contribution is -0.114. The molecular formula is C19H17N3O2S. The summed E-state index contributed by atoms with van der Waals surface area (Å²) in [6, 6.07) is 14.5. The summed E-state index contributed by atoms with van der Waals surface area (Å²) in [6.07, 6.45) is 1.77. The number of anilines is 1. The Kier molecular flexibility index (Phi) is 5.00. The van der Waals surface area contributed by atoms with Gasteiger partial charge < -0.3 is 5.32 Å². The van der Waals surface area contributed by atoms with Crippen molar-refractivity contribution in [1.29, 1.82) is 0 Å². The normalized spacial score (nSPS) is 10.6. The first kappa shape index (κ1) is 17.0. The molecule has 0 aliphatic carbocycles. The minimum Gasteiger partial charge on any atom is -0.326 e. The first-order valence-corrected chi connectivity index (χ1v) is 8.72. The lowest BCUT2D eigenvalue weighted by atomic mass is 10.2. The highest BCUT2D eigenvalue weighted by Crippen LogP contribution is 2.23. The lowest BCUT2D eigenvalue weighted by Gasteiger charge is -2.13. The average molecular weight is 351 g/mol. The molecule has 3 aromatic rings. The maximum Gasteiger partial charge on any atom is 0.266 e. The van der Waals surface area contributed by atoms with E-state index >= 15 is 0 Å². The highest BCUT2D eigenvalue weighted by Gasteiger charge is 2.13. The third-order valence-corrected chi connectivity index (χ3v) is 4.44. The summed E-state index contributed by atoms with van der Waals surface area (Å²) in [6.45, 7) is 5.16. The van der Waals surface area contributed by atoms with Gasteiger partial charge in [-0.2, -0.15) is 0 Å². The lowest BCUT2D eigenvalue weighted by Crippen LogP contribution is -2.22. The molecule has 25 heavy (non-hydrogen) atoms. The van der Waals surface area contributed by atoms with Crippen molar-refractivity contribution >= 4 is 34.3 Å². The minimum atomic E-state index is -0.186. The smallest absolute Gasteiger partial charge is 0.266 e. The van der Waals surface area contributed by atoms with E-state index in [4.69, 9.17) is 0 Å². The van der Waals surface area contributed by atoms with Gasteiger partial charge in [0.1, 0.15) is 0 Å². The Balaban J connectivity index is 2.25. The Morgan fingerprint density at radius 3 is 2.72 bits per heavy atom. The van der Waals surface area contributed by atoms with E-state index in [-0.39, 0.29) is 11.5 Å². The first-order valence-electron chi connectivity index (χ1n) is 7.73. The van der Waals surface area contributed by atoms with Gasteiger partial charge in [0.05, 0.1) is 16.6 Å². The molecule has 0 unspecified atom stereocenters. The molecule has 3 rings (SSSR count). The van der Waals surface area contributed by atoms with E-state index in [9.17, 15) is 9.59 Å². The van der Waals surface area contributed by atoms with Crippen LogP contribution in [0.15, 0.2) is 71.1 Å². The van der Waals surface area contributed by atoms with Crippen LogP contribution in [0.5, 0.6) is 0 Å². The molecule has 0 fully saturated rings. The molecule has 0 aliphatic heterocycles. The Labute approximate surface area is 149 Å².